The predicted octanol–water partition coefficient (Wildman–Crippen LogP) is 5.13. The van der Waals surface area contributed by atoms with Crippen LogP contribution >= 0.6 is 39.1 Å². The highest BCUT2D eigenvalue weighted by Crippen LogP contribution is 2.32. The number of rotatable bonds is 3. The third-order valence-electron chi connectivity index (χ3n) is 2.66. The van der Waals surface area contributed by atoms with E-state index in [0.717, 1.165) is 0 Å². The van der Waals surface area contributed by atoms with Gasteiger partial charge in [-0.1, -0.05) is 39.1 Å². The van der Waals surface area contributed by atoms with E-state index in [1.807, 2.05) is 0 Å². The lowest BCUT2D eigenvalue weighted by molar-refractivity contribution is 0.103. The Kier molecular flexibility index (Phi) is 4.68. The fourth-order valence-corrected chi connectivity index (χ4v) is 2.49. The molecule has 104 valence electrons. The minimum absolute atomic E-state index is 0.0728. The molecule has 2 nitrogen and oxygen atoms in total. The number of benzene rings is 2. The molecule has 0 aliphatic heterocycles. The van der Waals surface area contributed by atoms with E-state index in [1.165, 1.54) is 31.4 Å². The maximum atomic E-state index is 13.8. The number of ether oxygens (including phenoxy) is 1. The largest absolute Gasteiger partial charge is 0.495 e. The summed E-state index contributed by atoms with van der Waals surface area (Å²) in [6.07, 6.45) is 0. The second-order valence-corrected chi connectivity index (χ2v) is 5.65. The zero-order valence-electron chi connectivity index (χ0n) is 10.2. The summed E-state index contributed by atoms with van der Waals surface area (Å²) >= 11 is 15.1. The average molecular weight is 378 g/mol. The molecule has 0 saturated heterocycles. The van der Waals surface area contributed by atoms with Gasteiger partial charge in [-0.2, -0.15) is 0 Å². The molecule has 0 fully saturated rings. The van der Waals surface area contributed by atoms with Gasteiger partial charge in [-0.05, 0) is 24.3 Å². The van der Waals surface area contributed by atoms with Crippen molar-refractivity contribution in [1.82, 2.24) is 0 Å². The van der Waals surface area contributed by atoms with E-state index in [2.05, 4.69) is 15.9 Å². The van der Waals surface area contributed by atoms with E-state index >= 15 is 0 Å². The molecule has 6 heteroatoms. The van der Waals surface area contributed by atoms with E-state index in [-0.39, 0.29) is 21.2 Å². The smallest absolute Gasteiger partial charge is 0.197 e. The van der Waals surface area contributed by atoms with Crippen LogP contribution in [0.5, 0.6) is 5.75 Å². The molecule has 20 heavy (non-hydrogen) atoms. The van der Waals surface area contributed by atoms with Crippen LogP contribution in [0, 0.1) is 5.82 Å². The van der Waals surface area contributed by atoms with Crippen LogP contribution in [0.3, 0.4) is 0 Å². The zero-order valence-corrected chi connectivity index (χ0v) is 13.3. The Labute approximate surface area is 133 Å². The number of hydrogen-bond donors (Lipinski definition) is 0. The predicted molar refractivity (Wildman–Crippen MR) is 80.5 cm³/mol. The quantitative estimate of drug-likeness (QED) is 0.692. The number of carbonyl (C=O) groups is 1. The normalized spacial score (nSPS) is 10.4. The molecule has 2 rings (SSSR count). The van der Waals surface area contributed by atoms with Gasteiger partial charge in [0.05, 0.1) is 22.7 Å². The van der Waals surface area contributed by atoms with Gasteiger partial charge in [-0.3, -0.25) is 4.79 Å². The molecule has 0 atom stereocenters. The second-order valence-electron chi connectivity index (χ2n) is 3.92. The van der Waals surface area contributed by atoms with Gasteiger partial charge in [0, 0.05) is 16.1 Å². The third kappa shape index (κ3) is 2.97. The van der Waals surface area contributed by atoms with Crippen LogP contribution < -0.4 is 4.74 Å². The van der Waals surface area contributed by atoms with Crippen molar-refractivity contribution in [2.24, 2.45) is 0 Å². The third-order valence-corrected chi connectivity index (χ3v) is 3.76. The Morgan fingerprint density at radius 2 is 1.85 bits per heavy atom. The first kappa shape index (κ1) is 15.3. The molecule has 0 spiro atoms. The summed E-state index contributed by atoms with van der Waals surface area (Å²) in [5, 5.41) is 0.385. The second kappa shape index (κ2) is 6.12. The van der Waals surface area contributed by atoms with Gasteiger partial charge in [0.15, 0.2) is 5.78 Å². The Balaban J connectivity index is 2.51. The van der Waals surface area contributed by atoms with Crippen molar-refractivity contribution >= 4 is 44.9 Å². The highest BCUT2D eigenvalue weighted by atomic mass is 79.9. The summed E-state index contributed by atoms with van der Waals surface area (Å²) in [7, 11) is 1.44. The standard InChI is InChI=1S/C14H8BrCl2FO2/c1-20-13-6-10(16)9(5-11(13)17)14(19)8-3-2-7(15)4-12(8)18/h2-6H,1H3. The molecule has 0 amide bonds. The molecule has 2 aromatic carbocycles. The Bertz CT molecular complexity index is 689. The summed E-state index contributed by atoms with van der Waals surface area (Å²) < 4.78 is 19.4. The van der Waals surface area contributed by atoms with Crippen LogP contribution in [0.4, 0.5) is 4.39 Å². The van der Waals surface area contributed by atoms with E-state index in [0.29, 0.717) is 10.2 Å². The molecule has 0 aromatic heterocycles. The Morgan fingerprint density at radius 1 is 1.15 bits per heavy atom. The van der Waals surface area contributed by atoms with Crippen molar-refractivity contribution in [3.63, 3.8) is 0 Å². The van der Waals surface area contributed by atoms with Crippen molar-refractivity contribution in [3.05, 3.63) is 61.8 Å². The summed E-state index contributed by atoms with van der Waals surface area (Å²) in [5.41, 5.74) is 0.0509. The number of halogens is 4. The van der Waals surface area contributed by atoms with Gasteiger partial charge in [0.25, 0.3) is 0 Å². The maximum absolute atomic E-state index is 13.8. The molecule has 0 N–H and O–H groups in total. The minimum atomic E-state index is -0.632. The van der Waals surface area contributed by atoms with Crippen LogP contribution in [0.2, 0.25) is 10.0 Å². The van der Waals surface area contributed by atoms with Crippen LogP contribution in [0.1, 0.15) is 15.9 Å². The number of methoxy groups -OCH3 is 1. The lowest BCUT2D eigenvalue weighted by atomic mass is 10.0. The first-order valence-corrected chi connectivity index (χ1v) is 7.01. The molecule has 2 aromatic rings. The van der Waals surface area contributed by atoms with E-state index in [9.17, 15) is 9.18 Å². The van der Waals surface area contributed by atoms with E-state index < -0.39 is 11.6 Å². The fraction of sp³-hybridized carbons (Fsp3) is 0.0714. The molecule has 0 heterocycles. The summed E-state index contributed by atoms with van der Waals surface area (Å²) in [5.74, 6) is -0.818. The Morgan fingerprint density at radius 3 is 2.45 bits per heavy atom. The monoisotopic (exact) mass is 376 g/mol. The van der Waals surface area contributed by atoms with E-state index in [1.54, 1.807) is 6.07 Å². The van der Waals surface area contributed by atoms with Gasteiger partial charge in [-0.15, -0.1) is 0 Å². The highest BCUT2D eigenvalue weighted by molar-refractivity contribution is 9.10. The molecule has 0 unspecified atom stereocenters. The summed E-state index contributed by atoms with van der Waals surface area (Å²) in [6.45, 7) is 0. The molecule has 0 radical (unpaired) electrons. The average Bonchev–Trinajstić information content (AvgIpc) is 2.40. The topological polar surface area (TPSA) is 26.3 Å². The maximum Gasteiger partial charge on any atom is 0.197 e. The van der Waals surface area contributed by atoms with E-state index in [4.69, 9.17) is 27.9 Å². The summed E-state index contributed by atoms with van der Waals surface area (Å²) in [4.78, 5) is 12.3. The number of hydrogen-bond acceptors (Lipinski definition) is 2. The lowest BCUT2D eigenvalue weighted by Crippen LogP contribution is -2.05. The van der Waals surface area contributed by atoms with Crippen LogP contribution in [-0.4, -0.2) is 12.9 Å². The highest BCUT2D eigenvalue weighted by Gasteiger charge is 2.19. The van der Waals surface area contributed by atoms with Crippen LogP contribution in [0.15, 0.2) is 34.8 Å². The zero-order chi connectivity index (χ0) is 14.9. The van der Waals surface area contributed by atoms with Gasteiger partial charge in [0.2, 0.25) is 0 Å². The first-order chi connectivity index (χ1) is 9.43. The van der Waals surface area contributed by atoms with Gasteiger partial charge < -0.3 is 4.74 Å². The molecule has 0 bridgehead atoms. The van der Waals surface area contributed by atoms with Crippen LogP contribution in [-0.2, 0) is 0 Å². The van der Waals surface area contributed by atoms with Crippen molar-refractivity contribution in [3.8, 4) is 5.75 Å². The van der Waals surface area contributed by atoms with Gasteiger partial charge >= 0.3 is 0 Å². The number of carbonyl (C=O) groups excluding carboxylic acids is 1. The van der Waals surface area contributed by atoms with Crippen LogP contribution in [0.25, 0.3) is 0 Å². The molecular formula is C14H8BrCl2FO2. The van der Waals surface area contributed by atoms with Crippen molar-refractivity contribution in [2.45, 2.75) is 0 Å². The number of ketones is 1. The van der Waals surface area contributed by atoms with Gasteiger partial charge in [0.1, 0.15) is 11.6 Å². The van der Waals surface area contributed by atoms with Gasteiger partial charge in [-0.25, -0.2) is 4.39 Å². The molecule has 0 aliphatic carbocycles. The first-order valence-electron chi connectivity index (χ1n) is 5.47. The lowest BCUT2D eigenvalue weighted by Gasteiger charge is -2.09. The van der Waals surface area contributed by atoms with Crippen molar-refractivity contribution in [2.75, 3.05) is 7.11 Å². The molecule has 0 aliphatic rings. The Hall–Kier alpha value is -1.10. The van der Waals surface area contributed by atoms with Crippen molar-refractivity contribution in [1.29, 1.82) is 0 Å². The fourth-order valence-electron chi connectivity index (χ4n) is 1.68. The molecular weight excluding hydrogens is 370 g/mol. The minimum Gasteiger partial charge on any atom is -0.495 e. The summed E-state index contributed by atoms with van der Waals surface area (Å²) in [6, 6.07) is 6.97. The SMILES string of the molecule is COc1cc(Cl)c(C(=O)c2ccc(Br)cc2F)cc1Cl. The van der Waals surface area contributed by atoms with Crippen molar-refractivity contribution < 1.29 is 13.9 Å². The molecule has 0 saturated carbocycles.